The Bertz CT molecular complexity index is 811. The molecule has 2 aromatic carbocycles. The Hall–Kier alpha value is -2.36. The monoisotopic (exact) mass is 397 g/mol. The van der Waals surface area contributed by atoms with Crippen molar-refractivity contribution in [1.29, 1.82) is 0 Å². The van der Waals surface area contributed by atoms with Gasteiger partial charge in [0.1, 0.15) is 0 Å². The predicted octanol–water partition coefficient (Wildman–Crippen LogP) is 3.29. The molecule has 4 nitrogen and oxygen atoms in total. The fraction of sp³-hybridized carbons (Fsp3) is 0.200. The number of rotatable bonds is 2. The summed E-state index contributed by atoms with van der Waals surface area (Å²) in [6, 6.07) is 19.7. The van der Waals surface area contributed by atoms with E-state index in [1.54, 1.807) is 4.90 Å². The minimum atomic E-state index is -0.0545. The third-order valence-corrected chi connectivity index (χ3v) is 6.23. The molecule has 0 aliphatic carbocycles. The van der Waals surface area contributed by atoms with Gasteiger partial charge in [0.25, 0.3) is 0 Å². The zero-order valence-corrected chi connectivity index (χ0v) is 15.6. The van der Waals surface area contributed by atoms with Gasteiger partial charge in [0, 0.05) is 0 Å². The average molecular weight is 396 g/mol. The van der Waals surface area contributed by atoms with Gasteiger partial charge in [-0.1, -0.05) is 0 Å². The van der Waals surface area contributed by atoms with E-state index in [1.807, 2.05) is 66.7 Å². The van der Waals surface area contributed by atoms with E-state index in [2.05, 4.69) is 4.90 Å². The molecule has 2 heterocycles. The second-order valence-corrected chi connectivity index (χ2v) is 8.50. The molecular formula is C20H19N3OSe. The fourth-order valence-electron chi connectivity index (χ4n) is 3.00. The number of aliphatic imine (C=N–C) groups is 1. The summed E-state index contributed by atoms with van der Waals surface area (Å²) in [7, 11) is 0. The third kappa shape index (κ3) is 3.39. The van der Waals surface area contributed by atoms with Crippen molar-refractivity contribution in [3.8, 4) is 0 Å². The van der Waals surface area contributed by atoms with E-state index in [1.165, 1.54) is 10.6 Å². The zero-order chi connectivity index (χ0) is 17.1. The quantitative estimate of drug-likeness (QED) is 0.577. The molecule has 0 unspecified atom stereocenters. The van der Waals surface area contributed by atoms with Crippen LogP contribution in [0.15, 0.2) is 71.4 Å². The molecule has 2 aromatic rings. The number of amides is 1. The summed E-state index contributed by atoms with van der Waals surface area (Å²) in [6.07, 6.45) is 1.87. The van der Waals surface area contributed by atoms with E-state index in [4.69, 9.17) is 4.99 Å². The maximum atomic E-state index is 13.1. The van der Waals surface area contributed by atoms with Crippen LogP contribution in [0.3, 0.4) is 0 Å². The molecule has 1 saturated heterocycles. The molecule has 126 valence electrons. The van der Waals surface area contributed by atoms with Gasteiger partial charge in [-0.2, -0.15) is 0 Å². The topological polar surface area (TPSA) is 35.9 Å². The molecule has 0 spiro atoms. The SMILES string of the molecule is O=C1/C(=C/c2ccccc2)N=C(N2CC[Se]CC2)N1c1ccccc1. The van der Waals surface area contributed by atoms with E-state index in [9.17, 15) is 4.79 Å². The number of carbonyl (C=O) groups excluding carboxylic acids is 1. The number of carbonyl (C=O) groups is 1. The number of anilines is 1. The van der Waals surface area contributed by atoms with Crippen LogP contribution in [0.2, 0.25) is 10.6 Å². The van der Waals surface area contributed by atoms with Crippen LogP contribution in [0.4, 0.5) is 5.69 Å². The first-order chi connectivity index (χ1) is 12.3. The summed E-state index contributed by atoms with van der Waals surface area (Å²) < 4.78 is 0. The van der Waals surface area contributed by atoms with Gasteiger partial charge in [0.15, 0.2) is 0 Å². The maximum absolute atomic E-state index is 13.1. The van der Waals surface area contributed by atoms with E-state index in [0.29, 0.717) is 5.70 Å². The number of benzene rings is 2. The van der Waals surface area contributed by atoms with Gasteiger partial charge in [-0.15, -0.1) is 0 Å². The number of nitrogens with zero attached hydrogens (tertiary/aromatic N) is 3. The Kier molecular flexibility index (Phi) is 4.68. The Morgan fingerprint density at radius 3 is 2.24 bits per heavy atom. The number of hydrogen-bond donors (Lipinski definition) is 0. The van der Waals surface area contributed by atoms with E-state index in [0.717, 1.165) is 45.3 Å². The standard InChI is InChI=1S/C20H19N3OSe/c24-19-18(15-16-7-3-1-4-8-16)21-20(22-11-13-25-14-12-22)23(19)17-9-5-2-6-10-17/h1-10,15H,11-14H2/b18-15-. The van der Waals surface area contributed by atoms with Crippen molar-refractivity contribution in [3.63, 3.8) is 0 Å². The predicted molar refractivity (Wildman–Crippen MR) is 103 cm³/mol. The van der Waals surface area contributed by atoms with Crippen molar-refractivity contribution in [2.75, 3.05) is 18.0 Å². The van der Waals surface area contributed by atoms with Gasteiger partial charge in [-0.3, -0.25) is 0 Å². The Balaban J connectivity index is 1.74. The van der Waals surface area contributed by atoms with Crippen molar-refractivity contribution in [1.82, 2.24) is 4.90 Å². The number of hydrogen-bond acceptors (Lipinski definition) is 3. The van der Waals surface area contributed by atoms with Crippen LogP contribution in [-0.2, 0) is 4.79 Å². The first kappa shape index (κ1) is 16.1. The average Bonchev–Trinajstić information content (AvgIpc) is 3.00. The molecule has 5 heteroatoms. The number of guanidine groups is 1. The second kappa shape index (κ2) is 7.26. The van der Waals surface area contributed by atoms with E-state index >= 15 is 0 Å². The minimum absolute atomic E-state index is 0.0545. The summed E-state index contributed by atoms with van der Waals surface area (Å²) in [4.78, 5) is 21.8. The molecule has 4 rings (SSSR count). The molecule has 0 radical (unpaired) electrons. The Morgan fingerprint density at radius 2 is 1.56 bits per heavy atom. The van der Waals surface area contributed by atoms with Crippen LogP contribution in [0, 0.1) is 0 Å². The van der Waals surface area contributed by atoms with Crippen LogP contribution in [0.25, 0.3) is 6.08 Å². The molecule has 0 N–H and O–H groups in total. The number of para-hydroxylation sites is 1. The molecular weight excluding hydrogens is 377 g/mol. The Morgan fingerprint density at radius 1 is 0.920 bits per heavy atom. The van der Waals surface area contributed by atoms with Crippen molar-refractivity contribution >= 4 is 38.6 Å². The van der Waals surface area contributed by atoms with Crippen molar-refractivity contribution in [3.05, 3.63) is 71.9 Å². The first-order valence-electron chi connectivity index (χ1n) is 8.40. The van der Waals surface area contributed by atoms with E-state index < -0.39 is 0 Å². The van der Waals surface area contributed by atoms with E-state index in [-0.39, 0.29) is 5.91 Å². The molecule has 0 bridgehead atoms. The summed E-state index contributed by atoms with van der Waals surface area (Å²) in [6.45, 7) is 1.96. The fourth-order valence-corrected chi connectivity index (χ4v) is 4.89. The molecule has 25 heavy (non-hydrogen) atoms. The van der Waals surface area contributed by atoms with Gasteiger partial charge >= 0.3 is 154 Å². The molecule has 1 amide bonds. The van der Waals surface area contributed by atoms with Crippen molar-refractivity contribution < 1.29 is 4.79 Å². The van der Waals surface area contributed by atoms with Gasteiger partial charge in [0.2, 0.25) is 0 Å². The van der Waals surface area contributed by atoms with Gasteiger partial charge in [-0.05, 0) is 0 Å². The van der Waals surface area contributed by atoms with Gasteiger partial charge in [0.05, 0.1) is 0 Å². The molecule has 0 saturated carbocycles. The molecule has 0 aromatic heterocycles. The third-order valence-electron chi connectivity index (χ3n) is 4.25. The summed E-state index contributed by atoms with van der Waals surface area (Å²) in [5.74, 6) is 0.718. The summed E-state index contributed by atoms with van der Waals surface area (Å²) in [5.41, 5.74) is 2.37. The summed E-state index contributed by atoms with van der Waals surface area (Å²) >= 11 is 0.722. The molecule has 0 atom stereocenters. The van der Waals surface area contributed by atoms with Crippen LogP contribution < -0.4 is 4.90 Å². The van der Waals surface area contributed by atoms with Crippen LogP contribution in [0.1, 0.15) is 5.56 Å². The van der Waals surface area contributed by atoms with Crippen molar-refractivity contribution in [2.45, 2.75) is 10.6 Å². The summed E-state index contributed by atoms with van der Waals surface area (Å²) in [5, 5.41) is 2.42. The van der Waals surface area contributed by atoms with Gasteiger partial charge in [-0.25, -0.2) is 0 Å². The van der Waals surface area contributed by atoms with Crippen LogP contribution in [0.5, 0.6) is 0 Å². The van der Waals surface area contributed by atoms with Crippen LogP contribution in [-0.4, -0.2) is 44.8 Å². The van der Waals surface area contributed by atoms with Crippen molar-refractivity contribution in [2.24, 2.45) is 4.99 Å². The van der Waals surface area contributed by atoms with Gasteiger partial charge < -0.3 is 0 Å². The Labute approximate surface area is 154 Å². The second-order valence-electron chi connectivity index (χ2n) is 5.93. The zero-order valence-electron chi connectivity index (χ0n) is 13.8. The molecule has 1 fully saturated rings. The molecule has 2 aliphatic rings. The van der Waals surface area contributed by atoms with Crippen LogP contribution >= 0.6 is 0 Å². The first-order valence-corrected chi connectivity index (χ1v) is 10.8. The normalized spacial score (nSPS) is 19.4. The molecule has 2 aliphatic heterocycles.